The van der Waals surface area contributed by atoms with Crippen LogP contribution < -0.4 is 5.32 Å². The van der Waals surface area contributed by atoms with Crippen molar-refractivity contribution in [2.24, 2.45) is 7.05 Å². The Bertz CT molecular complexity index is 284. The van der Waals surface area contributed by atoms with E-state index in [0.717, 1.165) is 0 Å². The molecule has 0 bridgehead atoms. The molecule has 0 amide bonds. The molecule has 2 heterocycles. The van der Waals surface area contributed by atoms with Crippen molar-refractivity contribution in [3.05, 3.63) is 18.0 Å². The Kier molecular flexibility index (Phi) is 2.60. The molecular weight excluding hydrogens is 182 g/mol. The molecule has 0 radical (unpaired) electrons. The van der Waals surface area contributed by atoms with Gasteiger partial charge in [-0.25, -0.2) is 0 Å². The molecule has 0 saturated carbocycles. The minimum Gasteiger partial charge on any atom is -0.297 e. The van der Waals surface area contributed by atoms with Crippen LogP contribution in [0.4, 0.5) is 0 Å². The van der Waals surface area contributed by atoms with Crippen molar-refractivity contribution in [3.63, 3.8) is 0 Å². The second-order valence-corrected chi connectivity index (χ2v) is 4.50. The predicted octanol–water partition coefficient (Wildman–Crippen LogP) is 1.53. The van der Waals surface area contributed by atoms with E-state index in [1.54, 1.807) is 0 Å². The van der Waals surface area contributed by atoms with Crippen LogP contribution in [0.25, 0.3) is 0 Å². The molecule has 13 heavy (non-hydrogen) atoms. The Labute approximate surface area is 82.9 Å². The van der Waals surface area contributed by atoms with Crippen molar-refractivity contribution < 1.29 is 0 Å². The van der Waals surface area contributed by atoms with Gasteiger partial charge in [0.1, 0.15) is 0 Å². The molecule has 4 heteroatoms. The van der Waals surface area contributed by atoms with Crippen LogP contribution in [0.5, 0.6) is 0 Å². The minimum absolute atomic E-state index is 0.442. The molecule has 0 spiro atoms. The smallest absolute Gasteiger partial charge is 0.0961 e. The number of aromatic nitrogens is 2. The van der Waals surface area contributed by atoms with Gasteiger partial charge >= 0.3 is 0 Å². The zero-order valence-corrected chi connectivity index (χ0v) is 8.84. The second-order valence-electron chi connectivity index (χ2n) is 3.36. The summed E-state index contributed by atoms with van der Waals surface area (Å²) in [5.74, 6) is 1.21. The van der Waals surface area contributed by atoms with Crippen LogP contribution in [0.15, 0.2) is 12.3 Å². The van der Waals surface area contributed by atoms with Crippen molar-refractivity contribution in [1.82, 2.24) is 15.1 Å². The molecular formula is C9H15N3S. The lowest BCUT2D eigenvalue weighted by Crippen LogP contribution is -2.25. The Morgan fingerprint density at radius 3 is 3.15 bits per heavy atom. The van der Waals surface area contributed by atoms with Gasteiger partial charge < -0.3 is 0 Å². The van der Waals surface area contributed by atoms with Crippen LogP contribution in [-0.2, 0) is 7.05 Å². The number of hydrogen-bond donors (Lipinski definition) is 1. The summed E-state index contributed by atoms with van der Waals surface area (Å²) in [6, 6.07) is 2.76. The number of hydrogen-bond acceptors (Lipinski definition) is 3. The van der Waals surface area contributed by atoms with Gasteiger partial charge in [0, 0.05) is 25.0 Å². The van der Waals surface area contributed by atoms with E-state index in [4.69, 9.17) is 0 Å². The fourth-order valence-corrected chi connectivity index (χ4v) is 3.02. The summed E-state index contributed by atoms with van der Waals surface area (Å²) in [6.07, 6.45) is 3.07. The average molecular weight is 197 g/mol. The number of aryl methyl sites for hydroxylation is 1. The topological polar surface area (TPSA) is 29.9 Å². The SMILES string of the molecule is CCC1CSC(c2ccnn2C)N1. The van der Waals surface area contributed by atoms with Gasteiger partial charge in [-0.1, -0.05) is 6.92 Å². The molecule has 2 unspecified atom stereocenters. The van der Waals surface area contributed by atoms with Gasteiger partial charge in [0.25, 0.3) is 0 Å². The molecule has 2 rings (SSSR count). The standard InChI is InChI=1S/C9H15N3S/c1-3-7-6-13-9(11-7)8-4-5-10-12(8)2/h4-5,7,9,11H,3,6H2,1-2H3. The molecule has 1 aliphatic rings. The van der Waals surface area contributed by atoms with Crippen LogP contribution in [0.2, 0.25) is 0 Å². The van der Waals surface area contributed by atoms with Gasteiger partial charge in [-0.05, 0) is 12.5 Å². The van der Waals surface area contributed by atoms with Crippen molar-refractivity contribution in [3.8, 4) is 0 Å². The highest BCUT2D eigenvalue weighted by Crippen LogP contribution is 2.32. The molecule has 2 atom stereocenters. The molecule has 3 nitrogen and oxygen atoms in total. The summed E-state index contributed by atoms with van der Waals surface area (Å²) in [7, 11) is 2.00. The number of rotatable bonds is 2. The summed E-state index contributed by atoms with van der Waals surface area (Å²) < 4.78 is 1.95. The Hall–Kier alpha value is -0.480. The van der Waals surface area contributed by atoms with Crippen LogP contribution >= 0.6 is 11.8 Å². The van der Waals surface area contributed by atoms with Gasteiger partial charge in [-0.2, -0.15) is 5.10 Å². The number of nitrogens with one attached hydrogen (secondary N) is 1. The summed E-state index contributed by atoms with van der Waals surface area (Å²) in [4.78, 5) is 0. The highest BCUT2D eigenvalue weighted by atomic mass is 32.2. The van der Waals surface area contributed by atoms with E-state index < -0.39 is 0 Å². The van der Waals surface area contributed by atoms with Crippen LogP contribution in [0, 0.1) is 0 Å². The zero-order valence-electron chi connectivity index (χ0n) is 8.03. The van der Waals surface area contributed by atoms with E-state index in [9.17, 15) is 0 Å². The van der Waals surface area contributed by atoms with Crippen molar-refractivity contribution >= 4 is 11.8 Å². The third-order valence-corrected chi connectivity index (χ3v) is 3.78. The summed E-state index contributed by atoms with van der Waals surface area (Å²) in [6.45, 7) is 2.23. The quantitative estimate of drug-likeness (QED) is 0.780. The normalized spacial score (nSPS) is 28.2. The van der Waals surface area contributed by atoms with Crippen LogP contribution in [0.3, 0.4) is 0 Å². The largest absolute Gasteiger partial charge is 0.297 e. The summed E-state index contributed by atoms with van der Waals surface area (Å²) in [5, 5.41) is 8.20. The van der Waals surface area contributed by atoms with Crippen molar-refractivity contribution in [1.29, 1.82) is 0 Å². The maximum Gasteiger partial charge on any atom is 0.0961 e. The fraction of sp³-hybridized carbons (Fsp3) is 0.667. The Balaban J connectivity index is 2.08. The molecule has 1 aromatic heterocycles. The van der Waals surface area contributed by atoms with E-state index in [-0.39, 0.29) is 0 Å². The van der Waals surface area contributed by atoms with Crippen LogP contribution in [-0.4, -0.2) is 21.6 Å². The van der Waals surface area contributed by atoms with E-state index in [2.05, 4.69) is 23.4 Å². The Morgan fingerprint density at radius 2 is 2.62 bits per heavy atom. The molecule has 1 fully saturated rings. The third-order valence-electron chi connectivity index (χ3n) is 2.47. The van der Waals surface area contributed by atoms with E-state index in [1.165, 1.54) is 17.9 Å². The molecule has 1 N–H and O–H groups in total. The maximum atomic E-state index is 4.18. The predicted molar refractivity (Wildman–Crippen MR) is 55.6 cm³/mol. The van der Waals surface area contributed by atoms with E-state index in [0.29, 0.717) is 11.4 Å². The fourth-order valence-electron chi connectivity index (χ4n) is 1.57. The first-order chi connectivity index (χ1) is 6.31. The first-order valence-electron chi connectivity index (χ1n) is 4.67. The molecule has 0 aliphatic carbocycles. The van der Waals surface area contributed by atoms with Gasteiger partial charge in [0.2, 0.25) is 0 Å². The number of nitrogens with zero attached hydrogens (tertiary/aromatic N) is 2. The number of thioether (sulfide) groups is 1. The lowest BCUT2D eigenvalue weighted by atomic mass is 10.2. The first-order valence-corrected chi connectivity index (χ1v) is 5.71. The Morgan fingerprint density at radius 1 is 1.77 bits per heavy atom. The lowest BCUT2D eigenvalue weighted by Gasteiger charge is -2.11. The lowest BCUT2D eigenvalue weighted by molar-refractivity contribution is 0.540. The van der Waals surface area contributed by atoms with Gasteiger partial charge in [0.05, 0.1) is 11.1 Å². The molecule has 1 aromatic rings. The molecule has 72 valence electrons. The minimum atomic E-state index is 0.442. The van der Waals surface area contributed by atoms with Crippen molar-refractivity contribution in [2.75, 3.05) is 5.75 Å². The summed E-state index contributed by atoms with van der Waals surface area (Å²) >= 11 is 1.98. The highest BCUT2D eigenvalue weighted by Gasteiger charge is 2.25. The zero-order chi connectivity index (χ0) is 9.26. The molecule has 1 saturated heterocycles. The van der Waals surface area contributed by atoms with Crippen LogP contribution in [0.1, 0.15) is 24.4 Å². The summed E-state index contributed by atoms with van der Waals surface area (Å²) in [5.41, 5.74) is 1.28. The van der Waals surface area contributed by atoms with Gasteiger partial charge in [-0.15, -0.1) is 11.8 Å². The van der Waals surface area contributed by atoms with Gasteiger partial charge in [-0.3, -0.25) is 10.00 Å². The molecule has 1 aliphatic heterocycles. The maximum absolute atomic E-state index is 4.18. The average Bonchev–Trinajstić information content (AvgIpc) is 2.71. The van der Waals surface area contributed by atoms with Gasteiger partial charge in [0.15, 0.2) is 0 Å². The van der Waals surface area contributed by atoms with E-state index >= 15 is 0 Å². The first kappa shape index (κ1) is 9.09. The second kappa shape index (κ2) is 3.72. The third kappa shape index (κ3) is 1.74. The highest BCUT2D eigenvalue weighted by molar-refractivity contribution is 7.99. The van der Waals surface area contributed by atoms with E-state index in [1.807, 2.05) is 29.7 Å². The van der Waals surface area contributed by atoms with Crippen molar-refractivity contribution in [2.45, 2.75) is 24.8 Å². The molecule has 0 aromatic carbocycles. The monoisotopic (exact) mass is 197 g/mol.